The minimum atomic E-state index is -2.31. The quantitative estimate of drug-likeness (QED) is 0.0875. The van der Waals surface area contributed by atoms with Gasteiger partial charge in [0.15, 0.2) is 0 Å². The van der Waals surface area contributed by atoms with E-state index in [1.54, 1.807) is 0 Å². The van der Waals surface area contributed by atoms with E-state index in [-0.39, 0.29) is 12.9 Å². The number of unbranched alkanes of at least 4 members (excludes halogenated alkanes) is 14. The van der Waals surface area contributed by atoms with E-state index < -0.39 is 36.5 Å². The lowest BCUT2D eigenvalue weighted by Gasteiger charge is -2.28. The number of carboxylic acid groups (broad SMARTS) is 2. The maximum Gasteiger partial charge on any atom is 0.311 e. The molecule has 0 aromatic carbocycles. The van der Waals surface area contributed by atoms with Gasteiger partial charge in [-0.3, -0.25) is 19.2 Å². The molecule has 0 unspecified atom stereocenters. The average molecular weight is 459 g/mol. The second kappa shape index (κ2) is 19.6. The van der Waals surface area contributed by atoms with E-state index in [2.05, 4.69) is 11.7 Å². The van der Waals surface area contributed by atoms with Gasteiger partial charge in [-0.05, 0) is 6.42 Å². The van der Waals surface area contributed by atoms with Crippen molar-refractivity contribution >= 4 is 24.4 Å². The minimum absolute atomic E-state index is 0.0153. The van der Waals surface area contributed by atoms with Crippen LogP contribution >= 0.6 is 0 Å². The van der Waals surface area contributed by atoms with Crippen molar-refractivity contribution in [3.8, 4) is 0 Å². The van der Waals surface area contributed by atoms with Gasteiger partial charge in [-0.1, -0.05) is 96.8 Å². The highest BCUT2D eigenvalue weighted by Crippen LogP contribution is 2.24. The maximum atomic E-state index is 12.0. The molecule has 0 radical (unpaired) electrons. The molecule has 186 valence electrons. The van der Waals surface area contributed by atoms with E-state index in [9.17, 15) is 19.2 Å². The van der Waals surface area contributed by atoms with Crippen molar-refractivity contribution in [3.63, 3.8) is 0 Å². The monoisotopic (exact) mass is 458 g/mol. The third-order valence-corrected chi connectivity index (χ3v) is 5.39. The Morgan fingerprint density at radius 2 is 1.06 bits per heavy atom. The van der Waals surface area contributed by atoms with Gasteiger partial charge in [-0.2, -0.15) is 0 Å². The summed E-state index contributed by atoms with van der Waals surface area (Å²) in [4.78, 5) is 44.7. The highest BCUT2D eigenvalue weighted by atomic mass is 16.7. The van der Waals surface area contributed by atoms with Crippen molar-refractivity contribution in [1.29, 1.82) is 0 Å². The molecular weight excluding hydrogens is 416 g/mol. The summed E-state index contributed by atoms with van der Waals surface area (Å²) >= 11 is 0. The van der Waals surface area contributed by atoms with Gasteiger partial charge < -0.3 is 19.7 Å². The van der Waals surface area contributed by atoms with Crippen LogP contribution in [0, 0.1) is 0 Å². The average Bonchev–Trinajstić information content (AvgIpc) is 2.69. The fourth-order valence-electron chi connectivity index (χ4n) is 3.69. The molecule has 0 aliphatic rings. The zero-order valence-electron chi connectivity index (χ0n) is 19.6. The van der Waals surface area contributed by atoms with E-state index in [0.29, 0.717) is 6.42 Å². The second-order valence-corrected chi connectivity index (χ2v) is 8.44. The Balaban J connectivity index is 3.85. The molecule has 0 aromatic heterocycles. The molecule has 0 aliphatic heterocycles. The van der Waals surface area contributed by atoms with E-state index in [0.717, 1.165) is 19.3 Å². The third-order valence-electron chi connectivity index (χ3n) is 5.39. The van der Waals surface area contributed by atoms with Crippen molar-refractivity contribution in [2.45, 2.75) is 128 Å². The molecule has 0 saturated heterocycles. The zero-order valence-corrected chi connectivity index (χ0v) is 19.6. The first-order chi connectivity index (χ1) is 15.3. The topological polar surface area (TPSA) is 127 Å². The van der Waals surface area contributed by atoms with Crippen LogP contribution in [0.5, 0.6) is 0 Å². The van der Waals surface area contributed by atoms with Gasteiger partial charge in [0.1, 0.15) is 12.8 Å². The Morgan fingerprint density at radius 1 is 0.688 bits per heavy atom. The number of hydrogen-bond acceptors (Lipinski definition) is 6. The third kappa shape index (κ3) is 17.5. The van der Waals surface area contributed by atoms with Crippen molar-refractivity contribution in [2.75, 3.05) is 0 Å². The molecule has 0 amide bonds. The number of carbonyl (C=O) groups excluding carboxylic acids is 2. The van der Waals surface area contributed by atoms with Crippen molar-refractivity contribution in [1.82, 2.24) is 0 Å². The lowest BCUT2D eigenvalue weighted by Crippen LogP contribution is -2.42. The van der Waals surface area contributed by atoms with Crippen LogP contribution in [0.3, 0.4) is 0 Å². The number of carboxylic acids is 2. The number of ether oxygens (including phenoxy) is 2. The Kier molecular flexibility index (Phi) is 18.3. The van der Waals surface area contributed by atoms with Gasteiger partial charge >= 0.3 is 17.9 Å². The van der Waals surface area contributed by atoms with Crippen LogP contribution in [-0.4, -0.2) is 40.4 Å². The van der Waals surface area contributed by atoms with Crippen LogP contribution in [0.4, 0.5) is 0 Å². The first kappa shape index (κ1) is 29.9. The molecule has 8 heteroatoms. The summed E-state index contributed by atoms with van der Waals surface area (Å²) in [5.74, 6) is -5.96. The van der Waals surface area contributed by atoms with Crippen LogP contribution in [0.25, 0.3) is 0 Å². The van der Waals surface area contributed by atoms with Gasteiger partial charge in [0.05, 0.1) is 0 Å². The molecule has 8 nitrogen and oxygen atoms in total. The summed E-state index contributed by atoms with van der Waals surface area (Å²) in [5, 5.41) is 17.9. The smallest absolute Gasteiger partial charge is 0.311 e. The molecule has 0 saturated carbocycles. The number of carbonyl (C=O) groups is 4. The Labute approximate surface area is 192 Å². The van der Waals surface area contributed by atoms with Crippen LogP contribution < -0.4 is 0 Å². The van der Waals surface area contributed by atoms with Gasteiger partial charge in [0.2, 0.25) is 0 Å². The largest absolute Gasteiger partial charge is 0.481 e. The van der Waals surface area contributed by atoms with Gasteiger partial charge in [-0.15, -0.1) is 0 Å². The van der Waals surface area contributed by atoms with Gasteiger partial charge in [0, 0.05) is 6.42 Å². The molecule has 0 aliphatic carbocycles. The summed E-state index contributed by atoms with van der Waals surface area (Å²) in [6.45, 7) is 2.13. The summed E-state index contributed by atoms with van der Waals surface area (Å²) in [7, 11) is 0. The number of aliphatic carboxylic acids is 2. The van der Waals surface area contributed by atoms with Crippen molar-refractivity contribution in [2.24, 2.45) is 0 Å². The molecule has 0 heterocycles. The van der Waals surface area contributed by atoms with Crippen LogP contribution in [-0.2, 0) is 28.7 Å². The minimum Gasteiger partial charge on any atom is -0.481 e. The predicted octanol–water partition coefficient (Wildman–Crippen LogP) is 5.61. The van der Waals surface area contributed by atoms with Crippen LogP contribution in [0.15, 0.2) is 0 Å². The lowest BCUT2D eigenvalue weighted by atomic mass is 10.0. The molecule has 32 heavy (non-hydrogen) atoms. The Bertz CT molecular complexity index is 516. The number of rotatable bonds is 23. The van der Waals surface area contributed by atoms with Crippen molar-refractivity contribution in [3.05, 3.63) is 0 Å². The highest BCUT2D eigenvalue weighted by molar-refractivity contribution is 5.75. The fourth-order valence-corrected chi connectivity index (χ4v) is 3.69. The summed E-state index contributed by atoms with van der Waals surface area (Å²) in [6, 6.07) is 0. The Morgan fingerprint density at radius 3 is 1.41 bits per heavy atom. The first-order valence-corrected chi connectivity index (χ1v) is 12.1. The molecule has 2 N–H and O–H groups in total. The zero-order chi connectivity index (χ0) is 24.1. The standard InChI is InChI=1S/C24H42O8/c1-2-3-4-5-6-7-8-9-10-11-12-13-14-15-16-17-23(30)32-24(31-20-25,18-21(26)27)19-22(28)29/h20H,2-19H2,1H3,(H,26,27)(H,28,29). The van der Waals surface area contributed by atoms with Gasteiger partial charge in [-0.25, -0.2) is 0 Å². The predicted molar refractivity (Wildman–Crippen MR) is 120 cm³/mol. The first-order valence-electron chi connectivity index (χ1n) is 12.1. The highest BCUT2D eigenvalue weighted by Gasteiger charge is 2.41. The molecular formula is C24H42O8. The van der Waals surface area contributed by atoms with E-state index in [4.69, 9.17) is 14.9 Å². The molecule has 0 rings (SSSR count). The molecule has 0 aromatic rings. The SMILES string of the molecule is CCCCCCCCCCCCCCCCCC(=O)OC(CC(=O)O)(CC(=O)O)OC=O. The van der Waals surface area contributed by atoms with Crippen molar-refractivity contribution < 1.29 is 38.9 Å². The number of hydrogen-bond donors (Lipinski definition) is 2. The fraction of sp³-hybridized carbons (Fsp3) is 0.833. The molecule has 0 bridgehead atoms. The van der Waals surface area contributed by atoms with E-state index in [1.165, 1.54) is 70.6 Å². The molecule has 0 fully saturated rings. The lowest BCUT2D eigenvalue weighted by molar-refractivity contribution is -0.227. The molecule has 0 spiro atoms. The van der Waals surface area contributed by atoms with Crippen LogP contribution in [0.2, 0.25) is 0 Å². The van der Waals surface area contributed by atoms with E-state index >= 15 is 0 Å². The second-order valence-electron chi connectivity index (χ2n) is 8.44. The Hall–Kier alpha value is -2.12. The summed E-state index contributed by atoms with van der Waals surface area (Å²) in [6.07, 6.45) is 16.0. The number of esters is 1. The molecule has 0 atom stereocenters. The van der Waals surface area contributed by atoms with Crippen LogP contribution in [0.1, 0.15) is 122 Å². The maximum absolute atomic E-state index is 12.0. The summed E-state index contributed by atoms with van der Waals surface area (Å²) in [5.41, 5.74) is 0. The normalized spacial score (nSPS) is 11.2. The van der Waals surface area contributed by atoms with Gasteiger partial charge in [0.25, 0.3) is 12.3 Å². The summed E-state index contributed by atoms with van der Waals surface area (Å²) < 4.78 is 9.53. The van der Waals surface area contributed by atoms with E-state index in [1.807, 2.05) is 0 Å².